The number of aromatic nitrogens is 2. The van der Waals surface area contributed by atoms with Crippen LogP contribution in [0.4, 0.5) is 11.6 Å². The molecule has 2 heterocycles. The maximum absolute atomic E-state index is 5.77. The van der Waals surface area contributed by atoms with Crippen molar-refractivity contribution in [3.8, 4) is 0 Å². The van der Waals surface area contributed by atoms with Crippen LogP contribution in [0.1, 0.15) is 25.6 Å². The van der Waals surface area contributed by atoms with E-state index in [4.69, 9.17) is 5.73 Å². The minimum absolute atomic E-state index is 0.546. The minimum Gasteiger partial charge on any atom is -0.384 e. The van der Waals surface area contributed by atoms with Crippen molar-refractivity contribution in [2.75, 3.05) is 37.7 Å². The molecule has 0 aromatic carbocycles. The lowest BCUT2D eigenvalue weighted by atomic mass is 9.98. The van der Waals surface area contributed by atoms with Crippen molar-refractivity contribution < 1.29 is 0 Å². The molecule has 18 heavy (non-hydrogen) atoms. The van der Waals surface area contributed by atoms with Crippen LogP contribution in [-0.4, -0.2) is 41.5 Å². The standard InChI is InChI=1S/C13H23N5/c1-3-12-16-11(14)7-13(17-12)15-8-10-5-4-6-18(2)9-10/h7,10H,3-6,8-9H2,1-2H3,(H3,14,15,16,17). The van der Waals surface area contributed by atoms with Crippen LogP contribution < -0.4 is 11.1 Å². The highest BCUT2D eigenvalue weighted by atomic mass is 15.1. The molecule has 0 radical (unpaired) electrons. The number of rotatable bonds is 4. The SMILES string of the molecule is CCc1nc(N)cc(NCC2CCCN(C)C2)n1. The zero-order valence-electron chi connectivity index (χ0n) is 11.3. The van der Waals surface area contributed by atoms with Gasteiger partial charge in [-0.05, 0) is 32.4 Å². The third-order valence-corrected chi connectivity index (χ3v) is 3.40. The Labute approximate surface area is 109 Å². The molecule has 1 aromatic rings. The molecule has 5 nitrogen and oxygen atoms in total. The Morgan fingerprint density at radius 1 is 1.50 bits per heavy atom. The third kappa shape index (κ3) is 3.57. The van der Waals surface area contributed by atoms with Crippen LogP contribution in [0.15, 0.2) is 6.07 Å². The van der Waals surface area contributed by atoms with Crippen LogP contribution in [0, 0.1) is 5.92 Å². The van der Waals surface area contributed by atoms with Crippen molar-refractivity contribution in [1.29, 1.82) is 0 Å². The normalized spacial score (nSPS) is 20.9. The van der Waals surface area contributed by atoms with E-state index in [1.807, 2.05) is 13.0 Å². The Morgan fingerprint density at radius 2 is 2.33 bits per heavy atom. The number of hydrogen-bond acceptors (Lipinski definition) is 5. The Kier molecular flexibility index (Phi) is 4.36. The van der Waals surface area contributed by atoms with E-state index in [1.54, 1.807) is 0 Å². The van der Waals surface area contributed by atoms with Gasteiger partial charge in [-0.2, -0.15) is 0 Å². The molecule has 0 spiro atoms. The molecule has 0 saturated carbocycles. The molecule has 0 aliphatic carbocycles. The average Bonchev–Trinajstić information content (AvgIpc) is 2.36. The lowest BCUT2D eigenvalue weighted by Crippen LogP contribution is -2.35. The maximum Gasteiger partial charge on any atom is 0.132 e. The van der Waals surface area contributed by atoms with Gasteiger partial charge in [-0.25, -0.2) is 9.97 Å². The van der Waals surface area contributed by atoms with Gasteiger partial charge in [0, 0.05) is 25.6 Å². The molecule has 2 rings (SSSR count). The fourth-order valence-corrected chi connectivity index (χ4v) is 2.46. The molecule has 1 fully saturated rings. The van der Waals surface area contributed by atoms with Crippen molar-refractivity contribution >= 4 is 11.6 Å². The van der Waals surface area contributed by atoms with Gasteiger partial charge in [0.1, 0.15) is 17.5 Å². The summed E-state index contributed by atoms with van der Waals surface area (Å²) in [6.45, 7) is 5.38. The van der Waals surface area contributed by atoms with Crippen LogP contribution in [0.2, 0.25) is 0 Å². The van der Waals surface area contributed by atoms with E-state index in [9.17, 15) is 0 Å². The van der Waals surface area contributed by atoms with Gasteiger partial charge in [0.05, 0.1) is 0 Å². The zero-order valence-corrected chi connectivity index (χ0v) is 11.3. The second-order valence-electron chi connectivity index (χ2n) is 5.10. The Morgan fingerprint density at radius 3 is 3.06 bits per heavy atom. The predicted molar refractivity (Wildman–Crippen MR) is 74.5 cm³/mol. The lowest BCUT2D eigenvalue weighted by molar-refractivity contribution is 0.217. The predicted octanol–water partition coefficient (Wildman–Crippen LogP) is 1.37. The third-order valence-electron chi connectivity index (χ3n) is 3.40. The molecule has 100 valence electrons. The van der Waals surface area contributed by atoms with Crippen molar-refractivity contribution in [3.05, 3.63) is 11.9 Å². The molecule has 5 heteroatoms. The minimum atomic E-state index is 0.546. The van der Waals surface area contributed by atoms with E-state index < -0.39 is 0 Å². The first-order chi connectivity index (χ1) is 8.67. The molecular weight excluding hydrogens is 226 g/mol. The van der Waals surface area contributed by atoms with Crippen LogP contribution in [0.5, 0.6) is 0 Å². The summed E-state index contributed by atoms with van der Waals surface area (Å²) in [5.74, 6) is 2.90. The average molecular weight is 249 g/mol. The number of hydrogen-bond donors (Lipinski definition) is 2. The van der Waals surface area contributed by atoms with E-state index in [-0.39, 0.29) is 0 Å². The number of nitrogens with one attached hydrogen (secondary N) is 1. The number of likely N-dealkylation sites (tertiary alicyclic amines) is 1. The largest absolute Gasteiger partial charge is 0.384 e. The summed E-state index contributed by atoms with van der Waals surface area (Å²) in [6.07, 6.45) is 3.39. The van der Waals surface area contributed by atoms with Crippen molar-refractivity contribution in [1.82, 2.24) is 14.9 Å². The highest BCUT2D eigenvalue weighted by Crippen LogP contribution is 2.16. The number of nitrogens with two attached hydrogens (primary N) is 1. The molecule has 1 atom stereocenters. The smallest absolute Gasteiger partial charge is 0.132 e. The van der Waals surface area contributed by atoms with E-state index >= 15 is 0 Å². The Bertz CT molecular complexity index is 393. The van der Waals surface area contributed by atoms with E-state index in [0.29, 0.717) is 11.7 Å². The maximum atomic E-state index is 5.77. The fraction of sp³-hybridized carbons (Fsp3) is 0.692. The van der Waals surface area contributed by atoms with Gasteiger partial charge in [0.15, 0.2) is 0 Å². The molecule has 0 bridgehead atoms. The van der Waals surface area contributed by atoms with Crippen molar-refractivity contribution in [3.63, 3.8) is 0 Å². The van der Waals surface area contributed by atoms with Gasteiger partial charge in [-0.3, -0.25) is 0 Å². The summed E-state index contributed by atoms with van der Waals surface area (Å²) in [7, 11) is 2.18. The summed E-state index contributed by atoms with van der Waals surface area (Å²) in [6, 6.07) is 1.81. The Hall–Kier alpha value is -1.36. The second-order valence-corrected chi connectivity index (χ2v) is 5.10. The fourth-order valence-electron chi connectivity index (χ4n) is 2.46. The first-order valence-electron chi connectivity index (χ1n) is 6.73. The van der Waals surface area contributed by atoms with Gasteiger partial charge in [0.2, 0.25) is 0 Å². The van der Waals surface area contributed by atoms with Gasteiger partial charge in [0.25, 0.3) is 0 Å². The number of nitrogens with zero attached hydrogens (tertiary/aromatic N) is 3. The van der Waals surface area contributed by atoms with Crippen molar-refractivity contribution in [2.45, 2.75) is 26.2 Å². The van der Waals surface area contributed by atoms with Crippen LogP contribution >= 0.6 is 0 Å². The van der Waals surface area contributed by atoms with Gasteiger partial charge in [-0.15, -0.1) is 0 Å². The topological polar surface area (TPSA) is 67.1 Å². The molecule has 0 amide bonds. The monoisotopic (exact) mass is 249 g/mol. The van der Waals surface area contributed by atoms with Crippen molar-refractivity contribution in [2.24, 2.45) is 5.92 Å². The quantitative estimate of drug-likeness (QED) is 0.843. The highest BCUT2D eigenvalue weighted by Gasteiger charge is 2.16. The number of piperidine rings is 1. The first kappa shape index (κ1) is 13.1. The summed E-state index contributed by atoms with van der Waals surface area (Å²) in [4.78, 5) is 11.0. The molecule has 1 saturated heterocycles. The van der Waals surface area contributed by atoms with Crippen LogP contribution in [0.3, 0.4) is 0 Å². The summed E-state index contributed by atoms with van der Waals surface area (Å²) in [5.41, 5.74) is 5.77. The number of nitrogen functional groups attached to an aromatic ring is 1. The van der Waals surface area contributed by atoms with Gasteiger partial charge >= 0.3 is 0 Å². The molecule has 3 N–H and O–H groups in total. The second kappa shape index (κ2) is 6.00. The van der Waals surface area contributed by atoms with Crippen LogP contribution in [-0.2, 0) is 6.42 Å². The van der Waals surface area contributed by atoms with Gasteiger partial charge in [-0.1, -0.05) is 6.92 Å². The van der Waals surface area contributed by atoms with Crippen LogP contribution in [0.25, 0.3) is 0 Å². The van der Waals surface area contributed by atoms with E-state index in [2.05, 4.69) is 27.2 Å². The number of aryl methyl sites for hydroxylation is 1. The zero-order chi connectivity index (χ0) is 13.0. The summed E-state index contributed by atoms with van der Waals surface area (Å²) >= 11 is 0. The summed E-state index contributed by atoms with van der Waals surface area (Å²) < 4.78 is 0. The molecule has 1 aliphatic heterocycles. The first-order valence-corrected chi connectivity index (χ1v) is 6.73. The Balaban J connectivity index is 1.91. The summed E-state index contributed by atoms with van der Waals surface area (Å²) in [5, 5.41) is 3.39. The van der Waals surface area contributed by atoms with E-state index in [1.165, 1.54) is 19.4 Å². The molecule has 1 aromatic heterocycles. The van der Waals surface area contributed by atoms with Gasteiger partial charge < -0.3 is 16.0 Å². The highest BCUT2D eigenvalue weighted by molar-refractivity contribution is 5.44. The van der Waals surface area contributed by atoms with E-state index in [0.717, 1.165) is 31.2 Å². The molecule has 1 aliphatic rings. The number of anilines is 2. The molecule has 1 unspecified atom stereocenters. The lowest BCUT2D eigenvalue weighted by Gasteiger charge is -2.29. The molecular formula is C13H23N5.